The van der Waals surface area contributed by atoms with E-state index in [2.05, 4.69) is 33.3 Å². The Hall–Kier alpha value is -2.50. The van der Waals surface area contributed by atoms with E-state index in [1.807, 2.05) is 41.0 Å². The number of aromatic nitrogens is 6. The average molecular weight is 296 g/mol. The molecule has 6 nitrogen and oxygen atoms in total. The van der Waals surface area contributed by atoms with Crippen LogP contribution in [0.2, 0.25) is 0 Å². The van der Waals surface area contributed by atoms with Crippen LogP contribution in [0.3, 0.4) is 0 Å². The maximum Gasteiger partial charge on any atom is 0.161 e. The molecule has 3 aromatic heterocycles. The van der Waals surface area contributed by atoms with E-state index in [-0.39, 0.29) is 6.04 Å². The molecule has 0 saturated heterocycles. The highest BCUT2D eigenvalue weighted by atomic mass is 15.4. The van der Waals surface area contributed by atoms with Crippen molar-refractivity contribution in [3.05, 3.63) is 48.7 Å². The molecule has 0 amide bonds. The third kappa shape index (κ3) is 2.90. The SMILES string of the molecule is CCCCC(c1cccnc1)n1cc(-c2nccn2C)nn1. The van der Waals surface area contributed by atoms with Crippen LogP contribution >= 0.6 is 0 Å². The monoisotopic (exact) mass is 296 g/mol. The molecule has 1 atom stereocenters. The smallest absolute Gasteiger partial charge is 0.161 e. The Labute approximate surface area is 129 Å². The van der Waals surface area contributed by atoms with Gasteiger partial charge in [-0.3, -0.25) is 4.98 Å². The standard InChI is InChI=1S/C16H20N6/c1-3-4-7-15(13-6-5-8-17-11-13)22-12-14(19-20-22)16-18-9-10-21(16)2/h5-6,8-12,15H,3-4,7H2,1-2H3. The zero-order valence-electron chi connectivity index (χ0n) is 12.9. The molecule has 0 N–H and O–H groups in total. The van der Waals surface area contributed by atoms with Crippen LogP contribution in [0.15, 0.2) is 43.1 Å². The molecule has 0 bridgehead atoms. The molecular weight excluding hydrogens is 276 g/mol. The molecule has 0 fully saturated rings. The molecule has 0 aliphatic heterocycles. The molecule has 0 aliphatic rings. The first-order valence-electron chi connectivity index (χ1n) is 7.59. The van der Waals surface area contributed by atoms with E-state index in [0.29, 0.717) is 0 Å². The summed E-state index contributed by atoms with van der Waals surface area (Å²) in [6.45, 7) is 2.20. The lowest BCUT2D eigenvalue weighted by Crippen LogP contribution is -2.12. The Morgan fingerprint density at radius 2 is 2.18 bits per heavy atom. The fourth-order valence-electron chi connectivity index (χ4n) is 2.57. The van der Waals surface area contributed by atoms with Gasteiger partial charge in [0.1, 0.15) is 5.69 Å². The van der Waals surface area contributed by atoms with Gasteiger partial charge in [-0.1, -0.05) is 31.0 Å². The van der Waals surface area contributed by atoms with Crippen LogP contribution in [0.25, 0.3) is 11.5 Å². The molecule has 0 radical (unpaired) electrons. The molecule has 6 heteroatoms. The summed E-state index contributed by atoms with van der Waals surface area (Å²) >= 11 is 0. The van der Waals surface area contributed by atoms with Crippen molar-refractivity contribution in [1.29, 1.82) is 0 Å². The average Bonchev–Trinajstić information content (AvgIpc) is 3.18. The Kier molecular flexibility index (Phi) is 4.27. The van der Waals surface area contributed by atoms with Crippen molar-refractivity contribution < 1.29 is 0 Å². The number of rotatable bonds is 6. The molecule has 3 aromatic rings. The fraction of sp³-hybridized carbons (Fsp3) is 0.375. The van der Waals surface area contributed by atoms with Crippen molar-refractivity contribution in [3.8, 4) is 11.5 Å². The van der Waals surface area contributed by atoms with Gasteiger partial charge in [0, 0.05) is 31.8 Å². The van der Waals surface area contributed by atoms with Crippen LogP contribution in [0.5, 0.6) is 0 Å². The number of pyridine rings is 1. The van der Waals surface area contributed by atoms with Crippen LogP contribution in [-0.2, 0) is 7.05 Å². The third-order valence-corrected chi connectivity index (χ3v) is 3.78. The van der Waals surface area contributed by atoms with Crippen molar-refractivity contribution in [2.24, 2.45) is 7.05 Å². The molecule has 0 aromatic carbocycles. The van der Waals surface area contributed by atoms with Gasteiger partial charge in [0.2, 0.25) is 0 Å². The lowest BCUT2D eigenvalue weighted by Gasteiger charge is -2.16. The van der Waals surface area contributed by atoms with Crippen LogP contribution in [0, 0.1) is 0 Å². The van der Waals surface area contributed by atoms with Crippen LogP contribution < -0.4 is 0 Å². The Morgan fingerprint density at radius 3 is 2.86 bits per heavy atom. The van der Waals surface area contributed by atoms with E-state index in [1.54, 1.807) is 12.4 Å². The summed E-state index contributed by atoms with van der Waals surface area (Å²) < 4.78 is 3.87. The van der Waals surface area contributed by atoms with Gasteiger partial charge in [0.15, 0.2) is 5.82 Å². The minimum Gasteiger partial charge on any atom is -0.333 e. The largest absolute Gasteiger partial charge is 0.333 e. The molecule has 1 unspecified atom stereocenters. The third-order valence-electron chi connectivity index (χ3n) is 3.78. The Morgan fingerprint density at radius 1 is 1.27 bits per heavy atom. The van der Waals surface area contributed by atoms with E-state index in [9.17, 15) is 0 Å². The highest BCUT2D eigenvalue weighted by Crippen LogP contribution is 2.24. The summed E-state index contributed by atoms with van der Waals surface area (Å²) in [7, 11) is 1.96. The van der Waals surface area contributed by atoms with E-state index >= 15 is 0 Å². The first kappa shape index (κ1) is 14.4. The van der Waals surface area contributed by atoms with Gasteiger partial charge >= 0.3 is 0 Å². The van der Waals surface area contributed by atoms with Crippen molar-refractivity contribution in [2.45, 2.75) is 32.2 Å². The fourth-order valence-corrected chi connectivity index (χ4v) is 2.57. The normalized spacial score (nSPS) is 12.5. The summed E-state index contributed by atoms with van der Waals surface area (Å²) in [5, 5.41) is 8.61. The maximum absolute atomic E-state index is 4.33. The highest BCUT2D eigenvalue weighted by Gasteiger charge is 2.17. The number of unbranched alkanes of at least 4 members (excludes halogenated alkanes) is 1. The number of imidazole rings is 1. The molecule has 3 heterocycles. The topological polar surface area (TPSA) is 61.4 Å². The lowest BCUT2D eigenvalue weighted by molar-refractivity contribution is 0.459. The quantitative estimate of drug-likeness (QED) is 0.701. The number of aryl methyl sites for hydroxylation is 1. The predicted molar refractivity (Wildman–Crippen MR) is 84.1 cm³/mol. The summed E-state index contributed by atoms with van der Waals surface area (Å²) in [4.78, 5) is 8.56. The second-order valence-corrected chi connectivity index (χ2v) is 5.39. The molecular formula is C16H20N6. The second kappa shape index (κ2) is 6.51. The van der Waals surface area contributed by atoms with Gasteiger partial charge < -0.3 is 4.57 Å². The number of hydrogen-bond donors (Lipinski definition) is 0. The van der Waals surface area contributed by atoms with E-state index in [1.165, 1.54) is 0 Å². The van der Waals surface area contributed by atoms with Crippen molar-refractivity contribution in [1.82, 2.24) is 29.5 Å². The minimum atomic E-state index is 0.162. The highest BCUT2D eigenvalue weighted by molar-refractivity contribution is 5.47. The summed E-state index contributed by atoms with van der Waals surface area (Å²) in [5.74, 6) is 0.826. The van der Waals surface area contributed by atoms with E-state index in [0.717, 1.165) is 36.3 Å². The van der Waals surface area contributed by atoms with Crippen LogP contribution in [0.1, 0.15) is 37.8 Å². The second-order valence-electron chi connectivity index (χ2n) is 5.39. The lowest BCUT2D eigenvalue weighted by atomic mass is 10.0. The Bertz CT molecular complexity index is 715. The minimum absolute atomic E-state index is 0.162. The molecule has 3 rings (SSSR count). The van der Waals surface area contributed by atoms with Gasteiger partial charge in [-0.05, 0) is 18.1 Å². The summed E-state index contributed by atoms with van der Waals surface area (Å²) in [5.41, 5.74) is 1.95. The van der Waals surface area contributed by atoms with Crippen molar-refractivity contribution in [3.63, 3.8) is 0 Å². The van der Waals surface area contributed by atoms with Gasteiger partial charge in [-0.25, -0.2) is 9.67 Å². The van der Waals surface area contributed by atoms with Crippen LogP contribution in [0.4, 0.5) is 0 Å². The summed E-state index contributed by atoms with van der Waals surface area (Å²) in [6.07, 6.45) is 12.6. The molecule has 0 saturated carbocycles. The zero-order chi connectivity index (χ0) is 15.4. The van der Waals surface area contributed by atoms with Gasteiger partial charge in [-0.2, -0.15) is 0 Å². The first-order valence-corrected chi connectivity index (χ1v) is 7.59. The first-order chi connectivity index (χ1) is 10.8. The zero-order valence-corrected chi connectivity index (χ0v) is 12.9. The van der Waals surface area contributed by atoms with Crippen molar-refractivity contribution >= 4 is 0 Å². The maximum atomic E-state index is 4.33. The van der Waals surface area contributed by atoms with Gasteiger partial charge in [-0.15, -0.1) is 5.10 Å². The Balaban J connectivity index is 1.92. The number of nitrogens with zero attached hydrogens (tertiary/aromatic N) is 6. The predicted octanol–water partition coefficient (Wildman–Crippen LogP) is 2.85. The number of hydrogen-bond acceptors (Lipinski definition) is 4. The van der Waals surface area contributed by atoms with E-state index in [4.69, 9.17) is 0 Å². The van der Waals surface area contributed by atoms with E-state index < -0.39 is 0 Å². The molecule has 0 spiro atoms. The molecule has 0 aliphatic carbocycles. The molecule has 22 heavy (non-hydrogen) atoms. The van der Waals surface area contributed by atoms with Gasteiger partial charge in [0.05, 0.1) is 12.2 Å². The van der Waals surface area contributed by atoms with Crippen molar-refractivity contribution in [2.75, 3.05) is 0 Å². The molecule has 114 valence electrons. The van der Waals surface area contributed by atoms with Crippen LogP contribution in [-0.4, -0.2) is 29.5 Å². The summed E-state index contributed by atoms with van der Waals surface area (Å²) in [6, 6.07) is 4.22. The van der Waals surface area contributed by atoms with Gasteiger partial charge in [0.25, 0.3) is 0 Å².